The van der Waals surface area contributed by atoms with Gasteiger partial charge in [-0.05, 0) is 25.0 Å². The summed E-state index contributed by atoms with van der Waals surface area (Å²) in [5.41, 5.74) is 0.223. The maximum Gasteiger partial charge on any atom is 0.335 e. The van der Waals surface area contributed by atoms with Crippen LogP contribution in [0.3, 0.4) is 0 Å². The van der Waals surface area contributed by atoms with Gasteiger partial charge in [-0.15, -0.1) is 0 Å². The molecule has 1 heterocycles. The van der Waals surface area contributed by atoms with Crippen LogP contribution in [-0.2, 0) is 4.79 Å². The summed E-state index contributed by atoms with van der Waals surface area (Å²) in [6.07, 6.45) is 1.06. The Morgan fingerprint density at radius 3 is 2.26 bits per heavy atom. The molecule has 9 nitrogen and oxygen atoms in total. The highest BCUT2D eigenvalue weighted by atomic mass is 16.5. The quantitative estimate of drug-likeness (QED) is 0.807. The Balaban J connectivity index is 2.13. The summed E-state index contributed by atoms with van der Waals surface area (Å²) in [7, 11) is 6.19. The van der Waals surface area contributed by atoms with Gasteiger partial charge in [-0.3, -0.25) is 4.79 Å². The van der Waals surface area contributed by atoms with Crippen LogP contribution in [0.5, 0.6) is 11.5 Å². The molecule has 1 saturated heterocycles. The summed E-state index contributed by atoms with van der Waals surface area (Å²) in [5, 5.41) is 12.0. The van der Waals surface area contributed by atoms with Gasteiger partial charge in [0, 0.05) is 33.1 Å². The first-order valence-electron chi connectivity index (χ1n) is 8.54. The molecule has 0 bridgehead atoms. The van der Waals surface area contributed by atoms with E-state index in [0.29, 0.717) is 25.9 Å². The Labute approximate surface area is 157 Å². The molecule has 0 radical (unpaired) electrons. The van der Waals surface area contributed by atoms with Crippen molar-refractivity contribution in [1.29, 1.82) is 0 Å². The van der Waals surface area contributed by atoms with Crippen LogP contribution in [-0.4, -0.2) is 74.2 Å². The number of piperidine rings is 1. The van der Waals surface area contributed by atoms with Crippen LogP contribution in [0.2, 0.25) is 0 Å². The standard InChI is InChI=1S/C18H25N3O6/c1-20(2)18(25)21-7-5-11(6-8-21)16(22)19-13-9-12(17(23)24)10-14(26-3)15(13)27-4/h9-11H,5-8H2,1-4H3,(H,19,22)(H,23,24). The van der Waals surface area contributed by atoms with Crippen LogP contribution in [0.4, 0.5) is 10.5 Å². The van der Waals surface area contributed by atoms with Crippen molar-refractivity contribution in [2.24, 2.45) is 5.92 Å². The number of anilines is 1. The Bertz CT molecular complexity index is 726. The number of hydrogen-bond donors (Lipinski definition) is 2. The van der Waals surface area contributed by atoms with E-state index >= 15 is 0 Å². The Kier molecular flexibility index (Phi) is 6.49. The van der Waals surface area contributed by atoms with Gasteiger partial charge in [0.25, 0.3) is 0 Å². The lowest BCUT2D eigenvalue weighted by Crippen LogP contribution is -2.45. The molecule has 9 heteroatoms. The molecule has 1 aliphatic heterocycles. The zero-order valence-electron chi connectivity index (χ0n) is 15.9. The molecule has 1 fully saturated rings. The number of hydrogen-bond acceptors (Lipinski definition) is 5. The summed E-state index contributed by atoms with van der Waals surface area (Å²) < 4.78 is 10.4. The molecule has 2 rings (SSSR count). The highest BCUT2D eigenvalue weighted by Crippen LogP contribution is 2.37. The molecule has 1 aliphatic rings. The molecule has 0 spiro atoms. The van der Waals surface area contributed by atoms with E-state index in [4.69, 9.17) is 9.47 Å². The predicted octanol–water partition coefficient (Wildman–Crippen LogP) is 1.73. The topological polar surface area (TPSA) is 108 Å². The van der Waals surface area contributed by atoms with E-state index < -0.39 is 5.97 Å². The first kappa shape index (κ1) is 20.3. The fraction of sp³-hybridized carbons (Fsp3) is 0.500. The maximum absolute atomic E-state index is 12.7. The van der Waals surface area contributed by atoms with Gasteiger partial charge in [-0.1, -0.05) is 0 Å². The third-order valence-corrected chi connectivity index (χ3v) is 4.50. The first-order valence-corrected chi connectivity index (χ1v) is 8.54. The van der Waals surface area contributed by atoms with Crippen LogP contribution in [0.25, 0.3) is 0 Å². The van der Waals surface area contributed by atoms with Crippen LogP contribution >= 0.6 is 0 Å². The van der Waals surface area contributed by atoms with E-state index in [1.54, 1.807) is 19.0 Å². The van der Waals surface area contributed by atoms with E-state index in [1.165, 1.54) is 31.3 Å². The van der Waals surface area contributed by atoms with Gasteiger partial charge in [-0.2, -0.15) is 0 Å². The van der Waals surface area contributed by atoms with Crippen molar-refractivity contribution in [3.63, 3.8) is 0 Å². The number of benzene rings is 1. The smallest absolute Gasteiger partial charge is 0.335 e. The molecule has 1 aromatic carbocycles. The Hall–Kier alpha value is -2.97. The average Bonchev–Trinajstić information content (AvgIpc) is 2.66. The number of carbonyl (C=O) groups excluding carboxylic acids is 2. The number of rotatable bonds is 5. The molecule has 27 heavy (non-hydrogen) atoms. The number of nitrogens with zero attached hydrogens (tertiary/aromatic N) is 2. The minimum Gasteiger partial charge on any atom is -0.493 e. The number of likely N-dealkylation sites (tertiary alicyclic amines) is 1. The fourth-order valence-electron chi connectivity index (χ4n) is 3.03. The van der Waals surface area contributed by atoms with Crippen molar-refractivity contribution >= 4 is 23.6 Å². The molecular weight excluding hydrogens is 354 g/mol. The monoisotopic (exact) mass is 379 g/mol. The van der Waals surface area contributed by atoms with Gasteiger partial charge >= 0.3 is 12.0 Å². The third kappa shape index (κ3) is 4.60. The highest BCUT2D eigenvalue weighted by molar-refractivity contribution is 5.97. The lowest BCUT2D eigenvalue weighted by Gasteiger charge is -2.33. The molecule has 3 amide bonds. The number of ether oxygens (including phenoxy) is 2. The van der Waals surface area contributed by atoms with Gasteiger partial charge < -0.3 is 29.7 Å². The first-order chi connectivity index (χ1) is 12.8. The SMILES string of the molecule is COc1cc(C(=O)O)cc(NC(=O)C2CCN(C(=O)N(C)C)CC2)c1OC. The number of nitrogens with one attached hydrogen (secondary N) is 1. The largest absolute Gasteiger partial charge is 0.493 e. The number of aromatic carboxylic acids is 1. The van der Waals surface area contributed by atoms with Crippen molar-refractivity contribution in [3.8, 4) is 11.5 Å². The molecule has 2 N–H and O–H groups in total. The molecule has 0 unspecified atom stereocenters. The lowest BCUT2D eigenvalue weighted by molar-refractivity contribution is -0.121. The van der Waals surface area contributed by atoms with E-state index in [0.717, 1.165) is 0 Å². The third-order valence-electron chi connectivity index (χ3n) is 4.50. The molecule has 0 atom stereocenters. The second-order valence-corrected chi connectivity index (χ2v) is 6.49. The van der Waals surface area contributed by atoms with Crippen LogP contribution in [0.15, 0.2) is 12.1 Å². The number of methoxy groups -OCH3 is 2. The average molecular weight is 379 g/mol. The maximum atomic E-state index is 12.7. The summed E-state index contributed by atoms with van der Waals surface area (Å²) in [5.74, 6) is -1.17. The molecule has 0 aromatic heterocycles. The number of carboxylic acids is 1. The van der Waals surface area contributed by atoms with E-state index in [2.05, 4.69) is 5.32 Å². The normalized spacial score (nSPS) is 14.4. The Morgan fingerprint density at radius 2 is 1.78 bits per heavy atom. The van der Waals surface area contributed by atoms with Gasteiger partial charge in [-0.25, -0.2) is 9.59 Å². The summed E-state index contributed by atoms with van der Waals surface area (Å²) >= 11 is 0. The van der Waals surface area contributed by atoms with Crippen LogP contribution < -0.4 is 14.8 Å². The van der Waals surface area contributed by atoms with Crippen molar-refractivity contribution in [3.05, 3.63) is 17.7 Å². The lowest BCUT2D eigenvalue weighted by atomic mass is 9.96. The summed E-state index contributed by atoms with van der Waals surface area (Å²) in [6.45, 7) is 0.982. The van der Waals surface area contributed by atoms with Crippen molar-refractivity contribution < 1.29 is 29.0 Å². The Morgan fingerprint density at radius 1 is 1.15 bits per heavy atom. The van der Waals surface area contributed by atoms with Crippen molar-refractivity contribution in [2.75, 3.05) is 46.7 Å². The molecule has 0 saturated carbocycles. The predicted molar refractivity (Wildman–Crippen MR) is 98.5 cm³/mol. The number of urea groups is 1. The second-order valence-electron chi connectivity index (χ2n) is 6.49. The van der Waals surface area contributed by atoms with Crippen LogP contribution in [0.1, 0.15) is 23.2 Å². The molecule has 1 aromatic rings. The van der Waals surface area contributed by atoms with Gasteiger partial charge in [0.05, 0.1) is 25.5 Å². The zero-order chi connectivity index (χ0) is 20.1. The van der Waals surface area contributed by atoms with E-state index in [9.17, 15) is 19.5 Å². The summed E-state index contributed by atoms with van der Waals surface area (Å²) in [6, 6.07) is 2.60. The van der Waals surface area contributed by atoms with Crippen molar-refractivity contribution in [1.82, 2.24) is 9.80 Å². The van der Waals surface area contributed by atoms with E-state index in [1.807, 2.05) is 0 Å². The molecule has 148 valence electrons. The number of carbonyl (C=O) groups is 3. The molecular formula is C18H25N3O6. The van der Waals surface area contributed by atoms with Gasteiger partial charge in [0.2, 0.25) is 5.91 Å². The summed E-state index contributed by atoms with van der Waals surface area (Å²) in [4.78, 5) is 39.2. The number of amides is 3. The zero-order valence-corrected chi connectivity index (χ0v) is 15.9. The minimum absolute atomic E-state index is 0.0191. The van der Waals surface area contributed by atoms with Gasteiger partial charge in [0.15, 0.2) is 11.5 Å². The number of carboxylic acid groups (broad SMARTS) is 1. The fourth-order valence-corrected chi connectivity index (χ4v) is 3.03. The van der Waals surface area contributed by atoms with Gasteiger partial charge in [0.1, 0.15) is 0 Å². The van der Waals surface area contributed by atoms with Crippen LogP contribution in [0, 0.1) is 5.92 Å². The second kappa shape index (κ2) is 8.61. The molecule has 0 aliphatic carbocycles. The van der Waals surface area contributed by atoms with Crippen molar-refractivity contribution in [2.45, 2.75) is 12.8 Å². The highest BCUT2D eigenvalue weighted by Gasteiger charge is 2.29. The van der Waals surface area contributed by atoms with E-state index in [-0.39, 0.29) is 40.6 Å². The minimum atomic E-state index is -1.14.